The first-order chi connectivity index (χ1) is 4.22. The minimum atomic E-state index is 0.781. The van der Waals surface area contributed by atoms with E-state index in [-0.39, 0.29) is 0 Å². The van der Waals surface area contributed by atoms with E-state index < -0.39 is 0 Å². The molecule has 0 aromatic heterocycles. The molecule has 2 N–H and O–H groups in total. The molecule has 1 heteroatoms. The Hall–Kier alpha value is -0.300. The summed E-state index contributed by atoms with van der Waals surface area (Å²) < 4.78 is 0. The van der Waals surface area contributed by atoms with E-state index in [2.05, 4.69) is 20.8 Å². The van der Waals surface area contributed by atoms with Gasteiger partial charge in [0.25, 0.3) is 0 Å². The molecule has 0 amide bonds. The SMILES string of the molecule is CC/C(C)=C(\C)CCN. The molecule has 0 heterocycles. The summed E-state index contributed by atoms with van der Waals surface area (Å²) in [5, 5.41) is 0. The Labute approximate surface area is 57.9 Å². The van der Waals surface area contributed by atoms with Crippen LogP contribution >= 0.6 is 0 Å². The van der Waals surface area contributed by atoms with Gasteiger partial charge in [-0.2, -0.15) is 0 Å². The molecule has 0 spiro atoms. The van der Waals surface area contributed by atoms with Crippen LogP contribution in [-0.2, 0) is 0 Å². The van der Waals surface area contributed by atoms with Crippen LogP contribution in [0.15, 0.2) is 11.1 Å². The molecule has 0 saturated carbocycles. The summed E-state index contributed by atoms with van der Waals surface area (Å²) in [6.07, 6.45) is 2.21. The van der Waals surface area contributed by atoms with Crippen LogP contribution in [0.5, 0.6) is 0 Å². The van der Waals surface area contributed by atoms with E-state index in [1.807, 2.05) is 0 Å². The lowest BCUT2D eigenvalue weighted by atomic mass is 10.1. The van der Waals surface area contributed by atoms with Crippen LogP contribution in [0.1, 0.15) is 33.6 Å². The highest BCUT2D eigenvalue weighted by atomic mass is 14.5. The quantitative estimate of drug-likeness (QED) is 0.577. The van der Waals surface area contributed by atoms with Crippen LogP contribution in [-0.4, -0.2) is 6.54 Å². The molecule has 54 valence electrons. The van der Waals surface area contributed by atoms with Gasteiger partial charge in [-0.1, -0.05) is 18.1 Å². The van der Waals surface area contributed by atoms with Crippen molar-refractivity contribution in [2.24, 2.45) is 5.73 Å². The van der Waals surface area contributed by atoms with Crippen LogP contribution in [0, 0.1) is 0 Å². The predicted octanol–water partition coefficient (Wildman–Crippen LogP) is 2.08. The van der Waals surface area contributed by atoms with Gasteiger partial charge in [-0.15, -0.1) is 0 Å². The first-order valence-corrected chi connectivity index (χ1v) is 3.57. The summed E-state index contributed by atoms with van der Waals surface area (Å²) in [6, 6.07) is 0. The maximum atomic E-state index is 5.39. The van der Waals surface area contributed by atoms with Crippen LogP contribution in [0.25, 0.3) is 0 Å². The fourth-order valence-corrected chi connectivity index (χ4v) is 0.732. The molecule has 0 rings (SSSR count). The standard InChI is InChI=1S/C8H17N/c1-4-7(2)8(3)5-6-9/h4-6,9H2,1-3H3/b8-7+. The molecule has 1 nitrogen and oxygen atoms in total. The van der Waals surface area contributed by atoms with Crippen LogP contribution in [0.2, 0.25) is 0 Å². The smallest absolute Gasteiger partial charge is 0.00400 e. The van der Waals surface area contributed by atoms with Gasteiger partial charge in [0, 0.05) is 0 Å². The lowest BCUT2D eigenvalue weighted by Gasteiger charge is -2.02. The molecule has 0 aliphatic heterocycles. The average molecular weight is 127 g/mol. The van der Waals surface area contributed by atoms with Crippen LogP contribution in [0.4, 0.5) is 0 Å². The molecular weight excluding hydrogens is 110 g/mol. The van der Waals surface area contributed by atoms with E-state index in [4.69, 9.17) is 5.73 Å². The maximum Gasteiger partial charge on any atom is -0.00400 e. The minimum absolute atomic E-state index is 0.781. The van der Waals surface area contributed by atoms with Gasteiger partial charge in [-0.25, -0.2) is 0 Å². The van der Waals surface area contributed by atoms with Crippen molar-refractivity contribution in [3.63, 3.8) is 0 Å². The van der Waals surface area contributed by atoms with Crippen LogP contribution in [0.3, 0.4) is 0 Å². The topological polar surface area (TPSA) is 26.0 Å². The second-order valence-electron chi connectivity index (χ2n) is 2.45. The van der Waals surface area contributed by atoms with Gasteiger partial charge in [-0.05, 0) is 33.2 Å². The first-order valence-electron chi connectivity index (χ1n) is 3.57. The molecule has 0 aliphatic rings. The first kappa shape index (κ1) is 8.70. The third kappa shape index (κ3) is 3.31. The van der Waals surface area contributed by atoms with E-state index in [9.17, 15) is 0 Å². The lowest BCUT2D eigenvalue weighted by molar-refractivity contribution is 0.909. The average Bonchev–Trinajstić information content (AvgIpc) is 1.87. The van der Waals surface area contributed by atoms with Crippen molar-refractivity contribution >= 4 is 0 Å². The number of rotatable bonds is 3. The van der Waals surface area contributed by atoms with Gasteiger partial charge in [0.1, 0.15) is 0 Å². The van der Waals surface area contributed by atoms with Crippen LogP contribution < -0.4 is 5.73 Å². The third-order valence-corrected chi connectivity index (χ3v) is 1.78. The van der Waals surface area contributed by atoms with Gasteiger partial charge in [0.2, 0.25) is 0 Å². The highest BCUT2D eigenvalue weighted by Gasteiger charge is 1.91. The van der Waals surface area contributed by atoms with Crippen molar-refractivity contribution in [3.8, 4) is 0 Å². The monoisotopic (exact) mass is 127 g/mol. The Kier molecular flexibility index (Phi) is 4.41. The zero-order chi connectivity index (χ0) is 7.28. The van der Waals surface area contributed by atoms with Gasteiger partial charge < -0.3 is 5.73 Å². The fraction of sp³-hybridized carbons (Fsp3) is 0.750. The zero-order valence-electron chi connectivity index (χ0n) is 6.70. The highest BCUT2D eigenvalue weighted by molar-refractivity contribution is 5.08. The Balaban J connectivity index is 3.78. The molecule has 0 saturated heterocycles. The van der Waals surface area contributed by atoms with Crippen molar-refractivity contribution in [2.45, 2.75) is 33.6 Å². The van der Waals surface area contributed by atoms with Crippen molar-refractivity contribution in [3.05, 3.63) is 11.1 Å². The number of nitrogens with two attached hydrogens (primary N) is 1. The second kappa shape index (κ2) is 4.57. The van der Waals surface area contributed by atoms with Crippen molar-refractivity contribution < 1.29 is 0 Å². The maximum absolute atomic E-state index is 5.39. The van der Waals surface area contributed by atoms with Gasteiger partial charge >= 0.3 is 0 Å². The Morgan fingerprint density at radius 1 is 1.22 bits per heavy atom. The van der Waals surface area contributed by atoms with Gasteiger partial charge in [0.15, 0.2) is 0 Å². The third-order valence-electron chi connectivity index (χ3n) is 1.78. The summed E-state index contributed by atoms with van der Waals surface area (Å²) in [5.74, 6) is 0. The number of hydrogen-bond acceptors (Lipinski definition) is 1. The molecule has 0 aromatic rings. The van der Waals surface area contributed by atoms with Gasteiger partial charge in [-0.3, -0.25) is 0 Å². The molecule has 9 heavy (non-hydrogen) atoms. The Morgan fingerprint density at radius 2 is 1.78 bits per heavy atom. The van der Waals surface area contributed by atoms with Crippen molar-refractivity contribution in [1.29, 1.82) is 0 Å². The Bertz CT molecular complexity index is 103. The zero-order valence-corrected chi connectivity index (χ0v) is 6.70. The van der Waals surface area contributed by atoms with E-state index in [0.29, 0.717) is 0 Å². The predicted molar refractivity (Wildman–Crippen MR) is 42.3 cm³/mol. The number of allylic oxidation sites excluding steroid dienone is 1. The van der Waals surface area contributed by atoms with E-state index in [0.717, 1.165) is 19.4 Å². The summed E-state index contributed by atoms with van der Waals surface area (Å²) in [4.78, 5) is 0. The summed E-state index contributed by atoms with van der Waals surface area (Å²) in [6.45, 7) is 7.29. The Morgan fingerprint density at radius 3 is 2.11 bits per heavy atom. The molecule has 0 aliphatic carbocycles. The van der Waals surface area contributed by atoms with E-state index in [1.165, 1.54) is 11.1 Å². The molecule has 0 atom stereocenters. The molecule has 0 radical (unpaired) electrons. The molecule has 0 bridgehead atoms. The molecule has 0 aromatic carbocycles. The molecule has 0 unspecified atom stereocenters. The summed E-state index contributed by atoms with van der Waals surface area (Å²) in [5.41, 5.74) is 8.33. The largest absolute Gasteiger partial charge is 0.330 e. The highest BCUT2D eigenvalue weighted by Crippen LogP contribution is 2.09. The molecule has 0 fully saturated rings. The van der Waals surface area contributed by atoms with Crippen molar-refractivity contribution in [1.82, 2.24) is 0 Å². The van der Waals surface area contributed by atoms with Crippen molar-refractivity contribution in [2.75, 3.05) is 6.54 Å². The lowest BCUT2D eigenvalue weighted by Crippen LogP contribution is -1.99. The minimum Gasteiger partial charge on any atom is -0.330 e. The summed E-state index contributed by atoms with van der Waals surface area (Å²) >= 11 is 0. The van der Waals surface area contributed by atoms with E-state index >= 15 is 0 Å². The van der Waals surface area contributed by atoms with E-state index in [1.54, 1.807) is 0 Å². The fourth-order valence-electron chi connectivity index (χ4n) is 0.732. The normalized spacial score (nSPS) is 13.3. The molecular formula is C8H17N. The summed E-state index contributed by atoms with van der Waals surface area (Å²) in [7, 11) is 0. The number of hydrogen-bond donors (Lipinski definition) is 1. The van der Waals surface area contributed by atoms with Gasteiger partial charge in [0.05, 0.1) is 0 Å². The second-order valence-corrected chi connectivity index (χ2v) is 2.45.